The summed E-state index contributed by atoms with van der Waals surface area (Å²) in [7, 11) is 4.13. The summed E-state index contributed by atoms with van der Waals surface area (Å²) in [6.45, 7) is 13.0. The number of hydrogen-bond donors (Lipinski definition) is 0. The summed E-state index contributed by atoms with van der Waals surface area (Å²) >= 11 is 0. The second-order valence-corrected chi connectivity index (χ2v) is 20.7. The van der Waals surface area contributed by atoms with E-state index in [-0.39, 0.29) is 20.6 Å². The van der Waals surface area contributed by atoms with Gasteiger partial charge in [-0.3, -0.25) is 0 Å². The summed E-state index contributed by atoms with van der Waals surface area (Å²) in [5.41, 5.74) is 14.4. The van der Waals surface area contributed by atoms with Crippen molar-refractivity contribution in [3.63, 3.8) is 0 Å². The standard InChI is InChI=1S/C40H48N4.2C7H8O3S/c1-39(2)33-27-36-34(28-35(33)43(9)37(39)17-13-11-15-29-19-23-31(24-20-29)41(5)6)40(3,4)38(44(36)10)18-14-12-16-30-21-25-32(26-22-30)42(7)8;2*1-6-2-4-7(5-3-6)11(8,9)10/h11-28H,1-10H3;2*2-5H,1H3,(H,8,9,10)/q+2;;/p-2. The Bertz CT molecular complexity index is 2750. The van der Waals surface area contributed by atoms with E-state index in [1.807, 2.05) is 13.8 Å². The number of benzene rings is 5. The zero-order valence-electron chi connectivity index (χ0n) is 40.1. The molecule has 2 aliphatic rings. The summed E-state index contributed by atoms with van der Waals surface area (Å²) in [4.78, 5) is 3.89. The Balaban J connectivity index is 0.000000301. The highest BCUT2D eigenvalue weighted by atomic mass is 32.2. The zero-order valence-corrected chi connectivity index (χ0v) is 41.7. The van der Waals surface area contributed by atoms with Gasteiger partial charge in [-0.1, -0.05) is 96.1 Å². The number of anilines is 2. The van der Waals surface area contributed by atoms with Crippen LogP contribution in [0.25, 0.3) is 12.2 Å². The van der Waals surface area contributed by atoms with Gasteiger partial charge >= 0.3 is 0 Å². The van der Waals surface area contributed by atoms with Crippen molar-refractivity contribution < 1.29 is 35.1 Å². The van der Waals surface area contributed by atoms with Crippen LogP contribution in [0, 0.1) is 13.8 Å². The maximum absolute atomic E-state index is 10.4. The lowest BCUT2D eigenvalue weighted by Crippen LogP contribution is -2.26. The van der Waals surface area contributed by atoms with E-state index in [4.69, 9.17) is 0 Å². The van der Waals surface area contributed by atoms with Crippen LogP contribution in [0.4, 0.5) is 22.7 Å². The van der Waals surface area contributed by atoms with E-state index in [1.165, 1.54) is 80.7 Å². The lowest BCUT2D eigenvalue weighted by Gasteiger charge is -2.17. The fourth-order valence-electron chi connectivity index (χ4n) is 7.95. The second kappa shape index (κ2) is 20.6. The molecule has 0 unspecified atom stereocenters. The minimum absolute atomic E-state index is 0.106. The highest BCUT2D eigenvalue weighted by molar-refractivity contribution is 7.86. The summed E-state index contributed by atoms with van der Waals surface area (Å²) in [6.07, 6.45) is 17.5. The largest absolute Gasteiger partial charge is 0.744 e. The SMILES string of the molecule is CN(C)c1ccc(/C=C/C=C/C2=[N+](C)c3cc4c(cc3C2(C)C)[N+](C)=C(/C=C/C=C/c2ccc(N(C)C)cc2)C4(C)C)cc1.Cc1ccc(S(=O)(=O)[O-])cc1.Cc1ccc(S(=O)(=O)[O-])cc1. The Morgan fingerprint density at radius 3 is 1.03 bits per heavy atom. The van der Waals surface area contributed by atoms with E-state index in [2.05, 4.69) is 198 Å². The first-order chi connectivity index (χ1) is 30.8. The third kappa shape index (κ3) is 12.2. The highest BCUT2D eigenvalue weighted by Crippen LogP contribution is 2.48. The molecule has 0 amide bonds. The van der Waals surface area contributed by atoms with E-state index in [0.717, 1.165) is 11.1 Å². The van der Waals surface area contributed by atoms with E-state index in [9.17, 15) is 25.9 Å². The number of allylic oxidation sites excluding steroid dienone is 6. The van der Waals surface area contributed by atoms with Crippen LogP contribution in [0.3, 0.4) is 0 Å². The van der Waals surface area contributed by atoms with Crippen LogP contribution in [0.1, 0.15) is 61.1 Å². The number of hydrogen-bond acceptors (Lipinski definition) is 8. The van der Waals surface area contributed by atoms with Crippen LogP contribution in [0.2, 0.25) is 0 Å². The number of aryl methyl sites for hydroxylation is 2. The van der Waals surface area contributed by atoms with Crippen molar-refractivity contribution in [1.29, 1.82) is 0 Å². The molecule has 0 spiro atoms. The van der Waals surface area contributed by atoms with Crippen molar-refractivity contribution in [2.24, 2.45) is 0 Å². The van der Waals surface area contributed by atoms with Crippen molar-refractivity contribution in [2.45, 2.75) is 62.2 Å². The molecule has 0 fully saturated rings. The van der Waals surface area contributed by atoms with Gasteiger partial charge in [0.1, 0.15) is 34.3 Å². The van der Waals surface area contributed by atoms with Crippen LogP contribution in [0.5, 0.6) is 0 Å². The second-order valence-electron chi connectivity index (χ2n) is 18.0. The first-order valence-corrected chi connectivity index (χ1v) is 24.3. The molecular formula is C54H62N4O6S2. The molecule has 2 aliphatic heterocycles. The molecule has 0 aromatic heterocycles. The predicted octanol–water partition coefficient (Wildman–Crippen LogP) is 10.2. The van der Waals surface area contributed by atoms with Gasteiger partial charge in [-0.25, -0.2) is 16.8 Å². The van der Waals surface area contributed by atoms with Gasteiger partial charge in [-0.05, 0) is 101 Å². The fraction of sp³-hybridized carbons (Fsp3) is 0.259. The highest BCUT2D eigenvalue weighted by Gasteiger charge is 2.49. The number of nitrogens with zero attached hydrogens (tertiary/aromatic N) is 4. The van der Waals surface area contributed by atoms with Crippen LogP contribution in [-0.4, -0.2) is 88.8 Å². The molecule has 0 radical (unpaired) electrons. The molecule has 12 heteroatoms. The average Bonchev–Trinajstić information content (AvgIpc) is 3.56. The smallest absolute Gasteiger partial charge is 0.210 e. The third-order valence-corrected chi connectivity index (χ3v) is 13.6. The molecule has 5 aromatic carbocycles. The molecule has 0 saturated carbocycles. The summed E-state index contributed by atoms with van der Waals surface area (Å²) < 4.78 is 67.1. The monoisotopic (exact) mass is 926 g/mol. The predicted molar refractivity (Wildman–Crippen MR) is 270 cm³/mol. The minimum Gasteiger partial charge on any atom is -0.744 e. The van der Waals surface area contributed by atoms with Gasteiger partial charge in [0, 0.05) is 75.0 Å². The Labute approximate surface area is 393 Å². The van der Waals surface area contributed by atoms with Gasteiger partial charge in [0.25, 0.3) is 0 Å². The molecule has 0 N–H and O–H groups in total. The average molecular weight is 927 g/mol. The number of rotatable bonds is 10. The van der Waals surface area contributed by atoms with Crippen LogP contribution < -0.4 is 9.80 Å². The van der Waals surface area contributed by atoms with Crippen molar-refractivity contribution in [3.05, 3.63) is 179 Å². The van der Waals surface area contributed by atoms with Gasteiger partial charge in [0.05, 0.1) is 20.6 Å². The molecule has 0 aliphatic carbocycles. The maximum Gasteiger partial charge on any atom is 0.210 e. The summed E-state index contributed by atoms with van der Waals surface area (Å²) in [6, 6.07) is 33.7. The Hall–Kier alpha value is -6.18. The van der Waals surface area contributed by atoms with Gasteiger partial charge in [-0.15, -0.1) is 0 Å². The van der Waals surface area contributed by atoms with Crippen LogP contribution in [0.15, 0.2) is 155 Å². The van der Waals surface area contributed by atoms with Crippen molar-refractivity contribution in [1.82, 2.24) is 0 Å². The number of fused-ring (bicyclic) bond motifs is 2. The molecule has 10 nitrogen and oxygen atoms in total. The molecule has 7 rings (SSSR count). The van der Waals surface area contributed by atoms with Crippen molar-refractivity contribution >= 4 is 66.6 Å². The molecule has 346 valence electrons. The van der Waals surface area contributed by atoms with E-state index < -0.39 is 20.2 Å². The zero-order chi connectivity index (χ0) is 48.8. The Kier molecular flexibility index (Phi) is 15.8. The lowest BCUT2D eigenvalue weighted by molar-refractivity contribution is -0.404. The van der Waals surface area contributed by atoms with Gasteiger partial charge in [-0.2, -0.15) is 9.15 Å². The molecule has 0 saturated heterocycles. The molecule has 66 heavy (non-hydrogen) atoms. The third-order valence-electron chi connectivity index (χ3n) is 11.9. The first kappa shape index (κ1) is 50.8. The molecule has 5 aromatic rings. The topological polar surface area (TPSA) is 127 Å². The van der Waals surface area contributed by atoms with Crippen molar-refractivity contribution in [3.8, 4) is 0 Å². The fourth-order valence-corrected chi connectivity index (χ4v) is 8.89. The Morgan fingerprint density at radius 1 is 0.470 bits per heavy atom. The molecule has 0 bridgehead atoms. The van der Waals surface area contributed by atoms with Crippen LogP contribution in [-0.2, 0) is 31.1 Å². The maximum atomic E-state index is 10.4. The normalized spacial score (nSPS) is 15.2. The molecule has 2 heterocycles. The lowest BCUT2D eigenvalue weighted by atomic mass is 9.77. The summed E-state index contributed by atoms with van der Waals surface area (Å²) in [5.74, 6) is 0. The Morgan fingerprint density at radius 2 is 0.758 bits per heavy atom. The molecule has 0 atom stereocenters. The van der Waals surface area contributed by atoms with E-state index in [0.29, 0.717) is 0 Å². The van der Waals surface area contributed by atoms with E-state index in [1.54, 1.807) is 24.3 Å². The van der Waals surface area contributed by atoms with Gasteiger partial charge in [0.2, 0.25) is 11.4 Å². The van der Waals surface area contributed by atoms with Crippen LogP contribution >= 0.6 is 0 Å². The van der Waals surface area contributed by atoms with Crippen molar-refractivity contribution in [2.75, 3.05) is 52.1 Å². The summed E-state index contributed by atoms with van der Waals surface area (Å²) in [5, 5.41) is 0. The minimum atomic E-state index is -4.27. The van der Waals surface area contributed by atoms with Gasteiger partial charge in [0.15, 0.2) is 11.4 Å². The quantitative estimate of drug-likeness (QED) is 0.0770. The molecular weight excluding hydrogens is 865 g/mol. The first-order valence-electron chi connectivity index (χ1n) is 21.5. The van der Waals surface area contributed by atoms with Gasteiger partial charge < -0.3 is 18.9 Å². The van der Waals surface area contributed by atoms with E-state index >= 15 is 0 Å².